The normalized spacial score (nSPS) is 51.1. The maximum Gasteiger partial charge on any atom is 0.387 e. The largest absolute Gasteiger partial charge is 0.479 e. The molecule has 6 aliphatic rings. The molecule has 5 heterocycles. The van der Waals surface area contributed by atoms with Crippen molar-refractivity contribution >= 4 is 23.9 Å². The lowest BCUT2D eigenvalue weighted by Gasteiger charge is -2.71. The van der Waals surface area contributed by atoms with Crippen molar-refractivity contribution in [1.29, 1.82) is 0 Å². The number of hydrogen-bond acceptors (Lipinski definition) is 14. The van der Waals surface area contributed by atoms with Crippen molar-refractivity contribution in [3.8, 4) is 0 Å². The Morgan fingerprint density at radius 2 is 1.12 bits per heavy atom. The Bertz CT molecular complexity index is 713. The molecule has 0 aromatic rings. The topological polar surface area (TPSA) is 201 Å². The summed E-state index contributed by atoms with van der Waals surface area (Å²) in [6, 6.07) is 0. The average Bonchev–Trinajstić information content (AvgIpc) is 2.51. The molecule has 140 valence electrons. The van der Waals surface area contributed by atoms with Crippen molar-refractivity contribution in [1.82, 2.24) is 0 Å². The fraction of sp³-hybridized carbons (Fsp3) is 0.600. The fourth-order valence-corrected chi connectivity index (χ4v) is 3.76. The van der Waals surface area contributed by atoms with Crippen LogP contribution >= 0.6 is 0 Å². The van der Waals surface area contributed by atoms with Crippen molar-refractivity contribution in [2.45, 2.75) is 34.6 Å². The first-order valence-electron chi connectivity index (χ1n) is 6.61. The van der Waals surface area contributed by atoms with E-state index in [9.17, 15) is 29.4 Å². The molecule has 0 aromatic heterocycles. The summed E-state index contributed by atoms with van der Waals surface area (Å²) in [6.07, 6.45) is -4.53. The van der Waals surface area contributed by atoms with Gasteiger partial charge < -0.3 is 10.2 Å². The highest BCUT2D eigenvalue weighted by Gasteiger charge is 3.04. The van der Waals surface area contributed by atoms with Crippen LogP contribution < -0.4 is 0 Å². The quantitative estimate of drug-likeness (QED) is 0.449. The Kier molecular flexibility index (Phi) is 2.59. The van der Waals surface area contributed by atoms with Gasteiger partial charge in [-0.1, -0.05) is 0 Å². The molecule has 2 N–H and O–H groups in total. The third-order valence-corrected chi connectivity index (χ3v) is 4.93. The minimum atomic E-state index is -2.88. The molecule has 2 bridgehead atoms. The number of carboxylic acids is 2. The summed E-state index contributed by atoms with van der Waals surface area (Å²) in [7, 11) is 0. The maximum absolute atomic E-state index is 12.4. The van der Waals surface area contributed by atoms with Crippen LogP contribution in [0.2, 0.25) is 0 Å². The van der Waals surface area contributed by atoms with E-state index in [1.807, 2.05) is 0 Å². The molecule has 16 heteroatoms. The number of fused-ring (bicyclic) bond motifs is 1. The van der Waals surface area contributed by atoms with Gasteiger partial charge in [0.1, 0.15) is 0 Å². The summed E-state index contributed by atoms with van der Waals surface area (Å²) < 4.78 is 0. The van der Waals surface area contributed by atoms with Crippen LogP contribution in [-0.4, -0.2) is 68.7 Å². The summed E-state index contributed by atoms with van der Waals surface area (Å²) in [5.74, 6) is -7.01. The predicted octanol–water partition coefficient (Wildman–Crippen LogP) is -3.37. The molecule has 5 saturated heterocycles. The number of carboxylic acid groups (broad SMARTS) is 2. The Balaban J connectivity index is 1.81. The second-order valence-corrected chi connectivity index (χ2v) is 5.72. The van der Waals surface area contributed by atoms with E-state index in [-0.39, 0.29) is 0 Å². The maximum atomic E-state index is 12.4. The lowest BCUT2D eigenvalue weighted by Crippen LogP contribution is -3.03. The highest BCUT2D eigenvalue weighted by molar-refractivity contribution is 6.03. The highest BCUT2D eigenvalue weighted by Crippen LogP contribution is 2.68. The van der Waals surface area contributed by atoms with Crippen LogP contribution in [0.3, 0.4) is 0 Å². The van der Waals surface area contributed by atoms with Crippen molar-refractivity contribution in [3.05, 3.63) is 0 Å². The molecule has 0 radical (unpaired) electrons. The van der Waals surface area contributed by atoms with Gasteiger partial charge in [0.25, 0.3) is 22.4 Å². The number of carbonyl (C=O) groups is 4. The van der Waals surface area contributed by atoms with E-state index in [1.165, 1.54) is 0 Å². The summed E-state index contributed by atoms with van der Waals surface area (Å²) in [4.78, 5) is 85.2. The molecule has 6 atom stereocenters. The fourth-order valence-electron chi connectivity index (χ4n) is 3.76. The third kappa shape index (κ3) is 1.14. The van der Waals surface area contributed by atoms with Gasteiger partial charge in [0, 0.05) is 10.1 Å². The summed E-state index contributed by atoms with van der Waals surface area (Å²) in [6.45, 7) is 0. The van der Waals surface area contributed by atoms with Gasteiger partial charge in [-0.3, -0.25) is 9.78 Å². The second-order valence-electron chi connectivity index (χ2n) is 5.72. The molecular weight excluding hydrogens is 376 g/mol. The molecule has 1 saturated carbocycles. The van der Waals surface area contributed by atoms with Gasteiger partial charge in [0.15, 0.2) is 12.2 Å². The Hall–Kier alpha value is -2.44. The van der Waals surface area contributed by atoms with Crippen molar-refractivity contribution in [2.75, 3.05) is 0 Å². The smallest absolute Gasteiger partial charge is 0.387 e. The van der Waals surface area contributed by atoms with Gasteiger partial charge in [-0.25, -0.2) is 48.5 Å². The van der Waals surface area contributed by atoms with Crippen LogP contribution in [0.15, 0.2) is 0 Å². The number of carbonyl (C=O) groups excluding carboxylic acids is 2. The summed E-state index contributed by atoms with van der Waals surface area (Å²) >= 11 is 0. The minimum absolute atomic E-state index is 1.58. The zero-order valence-electron chi connectivity index (χ0n) is 11.8. The molecular formula is C10H4O16. The molecule has 0 amide bonds. The molecule has 6 fully saturated rings. The Morgan fingerprint density at radius 3 is 1.38 bits per heavy atom. The van der Waals surface area contributed by atoms with Crippen LogP contribution in [0.4, 0.5) is 0 Å². The van der Waals surface area contributed by atoms with Crippen LogP contribution in [0.25, 0.3) is 0 Å². The van der Waals surface area contributed by atoms with Gasteiger partial charge in [-0.2, -0.15) is 0 Å². The number of aliphatic carboxylic acids is 2. The minimum Gasteiger partial charge on any atom is -0.479 e. The zero-order chi connectivity index (χ0) is 18.5. The molecule has 6 rings (SSSR count). The van der Waals surface area contributed by atoms with Gasteiger partial charge in [0.2, 0.25) is 0 Å². The van der Waals surface area contributed by atoms with Gasteiger partial charge in [-0.05, 0) is 0 Å². The first kappa shape index (κ1) is 15.8. The molecule has 16 nitrogen and oxygen atoms in total. The predicted molar refractivity (Wildman–Crippen MR) is 54.6 cm³/mol. The van der Waals surface area contributed by atoms with Gasteiger partial charge >= 0.3 is 23.9 Å². The molecule has 6 unspecified atom stereocenters. The van der Waals surface area contributed by atoms with E-state index in [0.29, 0.717) is 0 Å². The Labute approximate surface area is 138 Å². The van der Waals surface area contributed by atoms with Gasteiger partial charge in [0.05, 0.1) is 0 Å². The summed E-state index contributed by atoms with van der Waals surface area (Å²) in [5, 5.41) is 26.9. The van der Waals surface area contributed by atoms with E-state index in [1.54, 1.807) is 0 Å². The number of hydrogen-bond donors (Lipinski definition) is 2. The van der Waals surface area contributed by atoms with E-state index < -0.39 is 58.5 Å². The number of rotatable bonds is 2. The Morgan fingerprint density at radius 1 is 0.731 bits per heavy atom. The zero-order valence-corrected chi connectivity index (χ0v) is 11.8. The summed E-state index contributed by atoms with van der Waals surface area (Å²) in [5.41, 5.74) is -11.2. The molecule has 26 heavy (non-hydrogen) atoms. The monoisotopic (exact) mass is 380 g/mol. The second kappa shape index (κ2) is 4.27. The first-order valence-corrected chi connectivity index (χ1v) is 6.61. The average molecular weight is 380 g/mol. The molecule has 1 aliphatic carbocycles. The van der Waals surface area contributed by atoms with E-state index in [4.69, 9.17) is 19.6 Å². The highest BCUT2D eigenvalue weighted by atomic mass is 17.7. The van der Waals surface area contributed by atoms with Crippen LogP contribution in [0.1, 0.15) is 0 Å². The van der Waals surface area contributed by atoms with E-state index >= 15 is 0 Å². The van der Waals surface area contributed by atoms with Crippen molar-refractivity contribution < 1.29 is 78.6 Å². The van der Waals surface area contributed by atoms with Crippen LogP contribution in [-0.2, 0) is 68.4 Å². The van der Waals surface area contributed by atoms with E-state index in [0.717, 1.165) is 0 Å². The van der Waals surface area contributed by atoms with Gasteiger partial charge in [-0.15, -0.1) is 0 Å². The van der Waals surface area contributed by atoms with Crippen LogP contribution in [0, 0.1) is 0 Å². The standard InChI is InChI=1S/C10H4O16/c11-3(12)7-1-9-5(15)19-25-26-20-6(16)10(9,24-23-9)2(18-17-1)8(7,4(13)14)22-21-7/h1-2H,(H,11,12)(H,13,14). The molecule has 0 aromatic carbocycles. The lowest BCUT2D eigenvalue weighted by molar-refractivity contribution is -0.711. The van der Waals surface area contributed by atoms with Crippen molar-refractivity contribution in [3.63, 3.8) is 0 Å². The van der Waals surface area contributed by atoms with Crippen LogP contribution in [0.5, 0.6) is 0 Å². The third-order valence-electron chi connectivity index (χ3n) is 4.93. The molecule has 5 aliphatic heterocycles. The van der Waals surface area contributed by atoms with Crippen molar-refractivity contribution in [2.24, 2.45) is 0 Å². The lowest BCUT2D eigenvalue weighted by atomic mass is 9.52. The first-order chi connectivity index (χ1) is 12.3. The molecule has 0 spiro atoms. The SMILES string of the molecule is O=C(O)C12OOC1(C(=O)O)C1OOC2C23OOC12C(=O)OOOOC3=O. The van der Waals surface area contributed by atoms with E-state index in [2.05, 4.69) is 29.6 Å².